The number of ether oxygens (including phenoxy) is 2. The van der Waals surface area contributed by atoms with Crippen LogP contribution in [0, 0.1) is 41.5 Å². The Morgan fingerprint density at radius 3 is 2.10 bits per heavy atom. The third kappa shape index (κ3) is 14.2. The zero-order chi connectivity index (χ0) is 29.9. The fourth-order valence-electron chi connectivity index (χ4n) is 4.55. The van der Waals surface area contributed by atoms with E-state index in [1.807, 2.05) is 6.07 Å². The summed E-state index contributed by atoms with van der Waals surface area (Å²) in [5.74, 6) is 13.7. The van der Waals surface area contributed by atoms with Crippen molar-refractivity contribution in [3.63, 3.8) is 0 Å². The van der Waals surface area contributed by atoms with Gasteiger partial charge in [0.25, 0.3) is 0 Å². The number of aromatic nitrogens is 4. The molecule has 2 aliphatic rings. The van der Waals surface area contributed by atoms with Crippen LogP contribution in [0.3, 0.4) is 0 Å². The van der Waals surface area contributed by atoms with E-state index in [0.717, 1.165) is 36.7 Å². The molecule has 4 unspecified atom stereocenters. The van der Waals surface area contributed by atoms with Gasteiger partial charge in [-0.3, -0.25) is 0 Å². The Kier molecular flexibility index (Phi) is 16.2. The normalized spacial score (nSPS) is 21.9. The van der Waals surface area contributed by atoms with E-state index in [9.17, 15) is 4.39 Å². The maximum Gasteiger partial charge on any atom is 0.220 e. The Hall–Kier alpha value is -3.43. The van der Waals surface area contributed by atoms with E-state index in [0.29, 0.717) is 24.4 Å². The summed E-state index contributed by atoms with van der Waals surface area (Å²) in [5.41, 5.74) is 0. The SMILES string of the molecule is CC#CCOc1cc(F)ncn1.CC#CCOc1cc(N2CC(C)CCCC2C)ncn1.CC1CCCC(C)NC1. The van der Waals surface area contributed by atoms with Crippen LogP contribution in [0.1, 0.15) is 80.1 Å². The van der Waals surface area contributed by atoms with Crippen molar-refractivity contribution in [1.82, 2.24) is 25.3 Å². The van der Waals surface area contributed by atoms with Crippen molar-refractivity contribution in [2.45, 2.75) is 92.2 Å². The van der Waals surface area contributed by atoms with Crippen LogP contribution in [-0.4, -0.2) is 58.3 Å². The van der Waals surface area contributed by atoms with Gasteiger partial charge in [0.05, 0.1) is 6.07 Å². The molecule has 41 heavy (non-hydrogen) atoms. The topological polar surface area (TPSA) is 85.3 Å². The molecular formula is C32H47FN6O2. The van der Waals surface area contributed by atoms with Crippen molar-refractivity contribution >= 4 is 5.82 Å². The largest absolute Gasteiger partial charge is 0.464 e. The van der Waals surface area contributed by atoms with Gasteiger partial charge in [-0.1, -0.05) is 38.5 Å². The predicted octanol–water partition coefficient (Wildman–Crippen LogP) is 5.70. The van der Waals surface area contributed by atoms with Crippen LogP contribution in [0.2, 0.25) is 0 Å². The molecule has 2 aromatic heterocycles. The first-order chi connectivity index (χ1) is 19.8. The fourth-order valence-corrected chi connectivity index (χ4v) is 4.55. The molecule has 4 atom stereocenters. The summed E-state index contributed by atoms with van der Waals surface area (Å²) >= 11 is 0. The first-order valence-electron chi connectivity index (χ1n) is 14.7. The first-order valence-corrected chi connectivity index (χ1v) is 14.7. The van der Waals surface area contributed by atoms with E-state index in [1.54, 1.807) is 20.2 Å². The molecule has 0 radical (unpaired) electrons. The third-order valence-electron chi connectivity index (χ3n) is 6.98. The van der Waals surface area contributed by atoms with Gasteiger partial charge >= 0.3 is 0 Å². The van der Waals surface area contributed by atoms with Crippen LogP contribution in [0.25, 0.3) is 0 Å². The molecule has 4 rings (SSSR count). The molecule has 0 amide bonds. The van der Waals surface area contributed by atoms with E-state index in [4.69, 9.17) is 9.47 Å². The second kappa shape index (κ2) is 19.6. The van der Waals surface area contributed by atoms with Gasteiger partial charge in [0.15, 0.2) is 13.2 Å². The summed E-state index contributed by atoms with van der Waals surface area (Å²) < 4.78 is 22.9. The van der Waals surface area contributed by atoms with Gasteiger partial charge in [-0.15, -0.1) is 11.8 Å². The van der Waals surface area contributed by atoms with Crippen molar-refractivity contribution in [2.24, 2.45) is 11.8 Å². The lowest BCUT2D eigenvalue weighted by Crippen LogP contribution is -2.35. The lowest BCUT2D eigenvalue weighted by molar-refractivity contribution is 0.350. The second-order valence-corrected chi connectivity index (χ2v) is 10.7. The Morgan fingerprint density at radius 1 is 0.829 bits per heavy atom. The molecule has 0 aromatic carbocycles. The number of nitrogens with zero attached hydrogens (tertiary/aromatic N) is 5. The smallest absolute Gasteiger partial charge is 0.220 e. The summed E-state index contributed by atoms with van der Waals surface area (Å²) in [5, 5.41) is 3.49. The van der Waals surface area contributed by atoms with Gasteiger partial charge in [-0.25, -0.2) is 19.9 Å². The summed E-state index contributed by atoms with van der Waals surface area (Å²) in [6.07, 6.45) is 10.7. The minimum Gasteiger partial charge on any atom is -0.464 e. The minimum atomic E-state index is -0.607. The lowest BCUT2D eigenvalue weighted by Gasteiger charge is -2.29. The summed E-state index contributed by atoms with van der Waals surface area (Å²) in [4.78, 5) is 17.9. The van der Waals surface area contributed by atoms with E-state index in [2.05, 4.69) is 81.5 Å². The summed E-state index contributed by atoms with van der Waals surface area (Å²) in [6.45, 7) is 15.5. The number of anilines is 1. The highest BCUT2D eigenvalue weighted by Gasteiger charge is 2.22. The molecule has 2 aliphatic heterocycles. The molecule has 224 valence electrons. The molecule has 9 heteroatoms. The zero-order valence-corrected chi connectivity index (χ0v) is 25.6. The average Bonchev–Trinajstić information content (AvgIpc) is 3.26. The first kappa shape index (κ1) is 33.8. The molecule has 8 nitrogen and oxygen atoms in total. The van der Waals surface area contributed by atoms with Crippen LogP contribution in [0.4, 0.5) is 10.2 Å². The van der Waals surface area contributed by atoms with Crippen molar-refractivity contribution in [3.8, 4) is 35.4 Å². The molecular weight excluding hydrogens is 519 g/mol. The summed E-state index contributed by atoms with van der Waals surface area (Å²) in [6, 6.07) is 4.30. The lowest BCUT2D eigenvalue weighted by atomic mass is 10.1. The van der Waals surface area contributed by atoms with E-state index in [-0.39, 0.29) is 12.5 Å². The number of nitrogens with one attached hydrogen (secondary N) is 1. The number of hydrogen-bond acceptors (Lipinski definition) is 8. The maximum absolute atomic E-state index is 12.4. The number of rotatable bonds is 5. The van der Waals surface area contributed by atoms with Gasteiger partial charge in [0.2, 0.25) is 17.7 Å². The quantitative estimate of drug-likeness (QED) is 0.365. The highest BCUT2D eigenvalue weighted by atomic mass is 19.1. The van der Waals surface area contributed by atoms with Gasteiger partial charge in [-0.2, -0.15) is 4.39 Å². The molecule has 2 fully saturated rings. The Bertz CT molecular complexity index is 1130. The van der Waals surface area contributed by atoms with Crippen molar-refractivity contribution in [1.29, 1.82) is 0 Å². The minimum absolute atomic E-state index is 0.199. The van der Waals surface area contributed by atoms with Crippen LogP contribution in [-0.2, 0) is 0 Å². The standard InChI is InChI=1S/C16H23N3O.C8H7FN2O.C8H17N/c1-4-5-9-20-16-10-15(17-12-18-16)19-11-13(2)7-6-8-14(19)3;1-2-3-4-12-8-5-7(9)10-6-11-8;1-7-4-3-5-8(2)9-6-7/h10,12-14H,6-9,11H2,1-3H3;5-6H,4H2,1H3;7-9H,3-6H2,1-2H3. The molecule has 4 heterocycles. The molecule has 0 saturated carbocycles. The van der Waals surface area contributed by atoms with Crippen LogP contribution in [0.5, 0.6) is 11.8 Å². The van der Waals surface area contributed by atoms with E-state index < -0.39 is 5.95 Å². The van der Waals surface area contributed by atoms with Gasteiger partial charge < -0.3 is 19.7 Å². The van der Waals surface area contributed by atoms with Crippen molar-refractivity contribution in [2.75, 3.05) is 31.2 Å². The zero-order valence-electron chi connectivity index (χ0n) is 25.6. The molecule has 1 N–H and O–H groups in total. The van der Waals surface area contributed by atoms with Crippen molar-refractivity contribution in [3.05, 3.63) is 30.7 Å². The van der Waals surface area contributed by atoms with E-state index >= 15 is 0 Å². The Morgan fingerprint density at radius 2 is 1.44 bits per heavy atom. The van der Waals surface area contributed by atoms with Gasteiger partial charge in [0.1, 0.15) is 18.5 Å². The predicted molar refractivity (Wildman–Crippen MR) is 162 cm³/mol. The van der Waals surface area contributed by atoms with E-state index in [1.165, 1.54) is 45.1 Å². The van der Waals surface area contributed by atoms with Crippen LogP contribution in [0.15, 0.2) is 24.8 Å². The Labute approximate surface area is 246 Å². The fraction of sp³-hybridized carbons (Fsp3) is 0.625. The average molecular weight is 567 g/mol. The van der Waals surface area contributed by atoms with Gasteiger partial charge in [-0.05, 0) is 71.8 Å². The molecule has 2 aromatic rings. The maximum atomic E-state index is 12.4. The molecule has 0 spiro atoms. The molecule has 0 bridgehead atoms. The highest BCUT2D eigenvalue weighted by Crippen LogP contribution is 2.26. The summed E-state index contributed by atoms with van der Waals surface area (Å²) in [7, 11) is 0. The van der Waals surface area contributed by atoms with Gasteiger partial charge in [0, 0.05) is 24.7 Å². The highest BCUT2D eigenvalue weighted by molar-refractivity contribution is 5.42. The molecule has 0 aliphatic carbocycles. The third-order valence-corrected chi connectivity index (χ3v) is 6.98. The van der Waals surface area contributed by atoms with Crippen LogP contribution >= 0.6 is 0 Å². The Balaban J connectivity index is 0.000000237. The monoisotopic (exact) mass is 566 g/mol. The van der Waals surface area contributed by atoms with Crippen molar-refractivity contribution < 1.29 is 13.9 Å². The number of hydrogen-bond donors (Lipinski definition) is 1. The second-order valence-electron chi connectivity index (χ2n) is 10.7. The molecule has 2 saturated heterocycles. The number of halogens is 1. The van der Waals surface area contributed by atoms with Crippen LogP contribution < -0.4 is 19.7 Å².